The fourth-order valence-corrected chi connectivity index (χ4v) is 5.43. The van der Waals surface area contributed by atoms with Gasteiger partial charge in [-0.05, 0) is 66.9 Å². The number of aromatic amines is 1. The number of fused-ring (bicyclic) bond motifs is 3. The molecule has 0 saturated heterocycles. The lowest BCUT2D eigenvalue weighted by atomic mass is 9.69. The largest absolute Gasteiger partial charge is 0.454 e. The zero-order valence-electron chi connectivity index (χ0n) is 21.4. The number of nitrogens with one attached hydrogen (secondary N) is 3. The molecule has 6 rings (SSSR count). The van der Waals surface area contributed by atoms with Crippen molar-refractivity contribution in [1.29, 1.82) is 0 Å². The van der Waals surface area contributed by atoms with Crippen molar-refractivity contribution in [3.05, 3.63) is 83.8 Å². The standard InChI is InChI=1S/C31H28FN3O4/c1-33-30(38)25-24-15-23(19-4-2-5-20(14-19)29(37)35-16-31(17-36)11-3-12-31)26-22(10-13-34-26)28(24)39-27(25)18-6-8-21(32)9-7-18/h2,4-10,13-15,34,36H,3,11-12,16-17H2,1H3,(H,33,38)(H,35,37). The van der Waals surface area contributed by atoms with E-state index >= 15 is 0 Å². The van der Waals surface area contributed by atoms with Gasteiger partial charge in [-0.3, -0.25) is 9.59 Å². The number of hydrogen-bond donors (Lipinski definition) is 4. The molecule has 2 amide bonds. The Bertz CT molecular complexity index is 1710. The molecule has 2 aromatic heterocycles. The second kappa shape index (κ2) is 9.71. The molecule has 198 valence electrons. The molecule has 0 atom stereocenters. The molecular formula is C31H28FN3O4. The minimum atomic E-state index is -0.380. The number of rotatable bonds is 7. The second-order valence-electron chi connectivity index (χ2n) is 10.2. The number of furan rings is 1. The van der Waals surface area contributed by atoms with Crippen LogP contribution in [-0.2, 0) is 0 Å². The van der Waals surface area contributed by atoms with Gasteiger partial charge in [-0.15, -0.1) is 0 Å². The quantitative estimate of drug-likeness (QED) is 0.221. The van der Waals surface area contributed by atoms with Crippen LogP contribution in [0.1, 0.15) is 40.0 Å². The first-order chi connectivity index (χ1) is 18.9. The zero-order chi connectivity index (χ0) is 27.1. The third-order valence-corrected chi connectivity index (χ3v) is 7.86. The first-order valence-corrected chi connectivity index (χ1v) is 13.0. The molecular weight excluding hydrogens is 497 g/mol. The highest BCUT2D eigenvalue weighted by molar-refractivity contribution is 6.19. The van der Waals surface area contributed by atoms with Crippen LogP contribution in [0.3, 0.4) is 0 Å². The van der Waals surface area contributed by atoms with Crippen LogP contribution >= 0.6 is 0 Å². The van der Waals surface area contributed by atoms with E-state index in [0.717, 1.165) is 41.3 Å². The number of halogens is 1. The molecule has 1 fully saturated rings. The number of aromatic nitrogens is 1. The summed E-state index contributed by atoms with van der Waals surface area (Å²) in [7, 11) is 1.55. The van der Waals surface area contributed by atoms with Crippen LogP contribution < -0.4 is 10.6 Å². The predicted molar refractivity (Wildman–Crippen MR) is 148 cm³/mol. The fraction of sp³-hybridized carbons (Fsp3) is 0.226. The van der Waals surface area contributed by atoms with E-state index in [0.29, 0.717) is 40.0 Å². The number of hydrogen-bond acceptors (Lipinski definition) is 4. The lowest BCUT2D eigenvalue weighted by Crippen LogP contribution is -2.44. The van der Waals surface area contributed by atoms with E-state index in [-0.39, 0.29) is 29.7 Å². The number of H-pyrrole nitrogens is 1. The van der Waals surface area contributed by atoms with E-state index in [4.69, 9.17) is 4.42 Å². The van der Waals surface area contributed by atoms with Gasteiger partial charge >= 0.3 is 0 Å². The van der Waals surface area contributed by atoms with Gasteiger partial charge < -0.3 is 25.1 Å². The van der Waals surface area contributed by atoms with E-state index in [9.17, 15) is 19.1 Å². The zero-order valence-corrected chi connectivity index (χ0v) is 21.4. The van der Waals surface area contributed by atoms with Gasteiger partial charge in [0.25, 0.3) is 11.8 Å². The number of benzene rings is 3. The Labute approximate surface area is 224 Å². The lowest BCUT2D eigenvalue weighted by molar-refractivity contribution is 0.0429. The average Bonchev–Trinajstić information content (AvgIpc) is 3.57. The maximum Gasteiger partial charge on any atom is 0.255 e. The van der Waals surface area contributed by atoms with Crippen molar-refractivity contribution in [3.8, 4) is 22.5 Å². The van der Waals surface area contributed by atoms with Crippen LogP contribution in [0.5, 0.6) is 0 Å². The number of amides is 2. The van der Waals surface area contributed by atoms with Crippen molar-refractivity contribution in [2.24, 2.45) is 5.41 Å². The normalized spacial score (nSPS) is 14.3. The molecule has 1 aliphatic carbocycles. The van der Waals surface area contributed by atoms with E-state index in [1.807, 2.05) is 30.3 Å². The first kappa shape index (κ1) is 24.9. The van der Waals surface area contributed by atoms with E-state index in [1.165, 1.54) is 12.1 Å². The molecule has 1 aliphatic rings. The average molecular weight is 526 g/mol. The molecule has 0 radical (unpaired) electrons. The summed E-state index contributed by atoms with van der Waals surface area (Å²) in [5.41, 5.74) is 4.17. The fourth-order valence-electron chi connectivity index (χ4n) is 5.43. The first-order valence-electron chi connectivity index (χ1n) is 13.0. The molecule has 5 aromatic rings. The Morgan fingerprint density at radius 2 is 1.82 bits per heavy atom. The van der Waals surface area contributed by atoms with Gasteiger partial charge in [0.2, 0.25) is 0 Å². The highest BCUT2D eigenvalue weighted by Crippen LogP contribution is 2.42. The van der Waals surface area contributed by atoms with E-state index in [1.54, 1.807) is 31.4 Å². The molecule has 8 heteroatoms. The number of carbonyl (C=O) groups is 2. The van der Waals surface area contributed by atoms with E-state index < -0.39 is 0 Å². The molecule has 1 saturated carbocycles. The van der Waals surface area contributed by atoms with Crippen LogP contribution in [0.2, 0.25) is 0 Å². The Morgan fingerprint density at radius 1 is 1.03 bits per heavy atom. The molecule has 0 aliphatic heterocycles. The summed E-state index contributed by atoms with van der Waals surface area (Å²) in [6, 6.07) is 16.9. The van der Waals surface area contributed by atoms with E-state index in [2.05, 4.69) is 15.6 Å². The van der Waals surface area contributed by atoms with Crippen molar-refractivity contribution in [1.82, 2.24) is 15.6 Å². The summed E-state index contributed by atoms with van der Waals surface area (Å²) >= 11 is 0. The summed E-state index contributed by atoms with van der Waals surface area (Å²) in [6.45, 7) is 0.506. The molecule has 3 aromatic carbocycles. The monoisotopic (exact) mass is 525 g/mol. The Balaban J connectivity index is 1.46. The van der Waals surface area contributed by atoms with Crippen LogP contribution in [0.4, 0.5) is 4.39 Å². The molecule has 0 unspecified atom stereocenters. The lowest BCUT2D eigenvalue weighted by Gasteiger charge is -2.40. The SMILES string of the molecule is CNC(=O)c1c(-c2ccc(F)cc2)oc2c1cc(-c1cccc(C(=O)NCC3(CO)CCC3)c1)c1[nH]ccc12. The molecule has 2 heterocycles. The van der Waals surface area contributed by atoms with Crippen molar-refractivity contribution >= 4 is 33.7 Å². The number of aliphatic hydroxyl groups excluding tert-OH is 1. The molecule has 7 nitrogen and oxygen atoms in total. The molecule has 4 N–H and O–H groups in total. The minimum absolute atomic E-state index is 0.0659. The van der Waals surface area contributed by atoms with Crippen LogP contribution in [0.25, 0.3) is 44.3 Å². The van der Waals surface area contributed by atoms with Gasteiger partial charge in [0.1, 0.15) is 17.2 Å². The second-order valence-corrected chi connectivity index (χ2v) is 10.2. The summed E-state index contributed by atoms with van der Waals surface area (Å²) in [4.78, 5) is 29.4. The van der Waals surface area contributed by atoms with Gasteiger partial charge in [-0.25, -0.2) is 4.39 Å². The van der Waals surface area contributed by atoms with Gasteiger partial charge in [0.15, 0.2) is 0 Å². The molecule has 39 heavy (non-hydrogen) atoms. The summed E-state index contributed by atoms with van der Waals surface area (Å²) in [5.74, 6) is -0.551. The predicted octanol–water partition coefficient (Wildman–Crippen LogP) is 5.64. The van der Waals surface area contributed by atoms with Crippen molar-refractivity contribution in [2.75, 3.05) is 20.2 Å². The van der Waals surface area contributed by atoms with Gasteiger partial charge in [-0.2, -0.15) is 0 Å². The Morgan fingerprint density at radius 3 is 2.51 bits per heavy atom. The van der Waals surface area contributed by atoms with Crippen LogP contribution in [-0.4, -0.2) is 42.1 Å². The topological polar surface area (TPSA) is 107 Å². The highest BCUT2D eigenvalue weighted by atomic mass is 19.1. The summed E-state index contributed by atoms with van der Waals surface area (Å²) in [5, 5.41) is 16.8. The third kappa shape index (κ3) is 4.27. The summed E-state index contributed by atoms with van der Waals surface area (Å²) < 4.78 is 19.9. The maximum atomic E-state index is 13.6. The molecule has 0 bridgehead atoms. The van der Waals surface area contributed by atoms with Crippen LogP contribution in [0, 0.1) is 11.2 Å². The summed E-state index contributed by atoms with van der Waals surface area (Å²) in [6.07, 6.45) is 4.69. The van der Waals surface area contributed by atoms with Gasteiger partial charge in [-0.1, -0.05) is 18.6 Å². The Hall–Kier alpha value is -4.43. The highest BCUT2D eigenvalue weighted by Gasteiger charge is 2.36. The maximum absolute atomic E-state index is 13.6. The van der Waals surface area contributed by atoms with Crippen molar-refractivity contribution < 1.29 is 23.5 Å². The van der Waals surface area contributed by atoms with Crippen molar-refractivity contribution in [2.45, 2.75) is 19.3 Å². The van der Waals surface area contributed by atoms with Gasteiger partial charge in [0.05, 0.1) is 17.7 Å². The van der Waals surface area contributed by atoms with Crippen LogP contribution in [0.15, 0.2) is 71.3 Å². The van der Waals surface area contributed by atoms with Gasteiger partial charge in [0, 0.05) is 52.7 Å². The number of aliphatic hydroxyl groups is 1. The van der Waals surface area contributed by atoms with Crippen molar-refractivity contribution in [3.63, 3.8) is 0 Å². The molecule has 0 spiro atoms. The smallest absolute Gasteiger partial charge is 0.255 e. The third-order valence-electron chi connectivity index (χ3n) is 7.86. The number of carbonyl (C=O) groups excluding carboxylic acids is 2. The Kier molecular flexibility index (Phi) is 6.19. The minimum Gasteiger partial charge on any atom is -0.454 e.